The Bertz CT molecular complexity index is 1420. The lowest BCUT2D eigenvalue weighted by atomic mass is 10.1. The van der Waals surface area contributed by atoms with Gasteiger partial charge in [-0.2, -0.15) is 0 Å². The average Bonchev–Trinajstić information content (AvgIpc) is 3.25. The van der Waals surface area contributed by atoms with Gasteiger partial charge in [-0.1, -0.05) is 41.6 Å². The molecule has 0 fully saturated rings. The van der Waals surface area contributed by atoms with E-state index in [0.29, 0.717) is 24.6 Å². The summed E-state index contributed by atoms with van der Waals surface area (Å²) in [7, 11) is -10.6. The number of aromatic nitrogens is 3. The fourth-order valence-electron chi connectivity index (χ4n) is 3.14. The highest BCUT2D eigenvalue weighted by atomic mass is 31.2. The number of benzene rings is 1. The predicted molar refractivity (Wildman–Crippen MR) is 120 cm³/mol. The molecule has 3 aromatic heterocycles. The Morgan fingerprint density at radius 3 is 2.31 bits per heavy atom. The molecule has 0 radical (unpaired) electrons. The maximum atomic E-state index is 11.2. The van der Waals surface area contributed by atoms with Crippen LogP contribution in [0, 0.1) is 0 Å². The molecule has 4 rings (SSSR count). The largest absolute Gasteiger partial charge is 0.795 e. The molecule has 188 valence electrons. The average molecular weight is 529 g/mol. The molecule has 15 heteroatoms. The van der Waals surface area contributed by atoms with Gasteiger partial charge in [-0.05, 0) is 23.3 Å². The molecule has 36 heavy (non-hydrogen) atoms. The summed E-state index contributed by atoms with van der Waals surface area (Å²) in [5.41, 5.74) is 2.24. The molecule has 13 nitrogen and oxygen atoms in total. The van der Waals surface area contributed by atoms with Gasteiger partial charge in [0.05, 0.1) is 11.3 Å². The number of hydrogen-bond acceptors (Lipinski definition) is 11. The van der Waals surface area contributed by atoms with Crippen LogP contribution in [0.15, 0.2) is 71.4 Å². The van der Waals surface area contributed by atoms with E-state index in [1.54, 1.807) is 28.5 Å². The van der Waals surface area contributed by atoms with Gasteiger partial charge in [-0.15, -0.1) is 0 Å². The third kappa shape index (κ3) is 7.46. The topological polar surface area (TPSA) is 211 Å². The fraction of sp³-hybridized carbons (Fsp3) is 0.0952. The summed E-state index contributed by atoms with van der Waals surface area (Å²) in [6, 6.07) is 16.9. The number of rotatable bonds is 10. The lowest BCUT2D eigenvalue weighted by Crippen LogP contribution is -2.23. The van der Waals surface area contributed by atoms with E-state index >= 15 is 0 Å². The Morgan fingerprint density at radius 1 is 0.889 bits per heavy atom. The zero-order chi connectivity index (χ0) is 25.8. The van der Waals surface area contributed by atoms with E-state index < -0.39 is 27.1 Å². The maximum Gasteiger partial charge on any atom is 0.213 e. The zero-order valence-corrected chi connectivity index (χ0v) is 20.1. The molecule has 0 aliphatic carbocycles. The minimum atomic E-state index is -5.33. The molecule has 4 aromatic rings. The van der Waals surface area contributed by atoms with Crippen molar-refractivity contribution in [2.24, 2.45) is 0 Å². The smallest absolute Gasteiger partial charge is 0.213 e. The number of nitrogens with one attached hydrogen (secondary N) is 2. The predicted octanol–water partition coefficient (Wildman–Crippen LogP) is 0.783. The Balaban J connectivity index is 1.48. The first-order valence-electron chi connectivity index (χ1n) is 10.2. The van der Waals surface area contributed by atoms with Gasteiger partial charge in [-0.25, -0.2) is 9.97 Å². The van der Waals surface area contributed by atoms with Gasteiger partial charge in [0.2, 0.25) is 5.88 Å². The number of hydrogen-bond donors (Lipinski definition) is 2. The highest BCUT2D eigenvalue weighted by Crippen LogP contribution is 2.36. The number of ether oxygens (including phenoxy) is 1. The van der Waals surface area contributed by atoms with Crippen LogP contribution in [0.3, 0.4) is 0 Å². The molecule has 0 unspecified atom stereocenters. The Labute approximate surface area is 204 Å². The van der Waals surface area contributed by atoms with Gasteiger partial charge in [-0.3, -0.25) is 0 Å². The van der Waals surface area contributed by atoms with E-state index in [-0.39, 0.29) is 11.3 Å². The highest BCUT2D eigenvalue weighted by Gasteiger charge is 2.15. The standard InChI is InChI=1S/C21H21N5O8P2/c27-35(28,29)25-19-8-7-17(21(23-19)26-36(30,31)32)18-11-16(24-34-18)10-15-6-9-20(22-12-15)33-13-14-4-2-1-3-5-14/h1-9,11-12H,10,13H2,(H6,23,25,26,27,28,29,30,31,32)/p-4. The van der Waals surface area contributed by atoms with Crippen LogP contribution in [0.4, 0.5) is 11.6 Å². The molecule has 3 heterocycles. The van der Waals surface area contributed by atoms with Crippen molar-refractivity contribution in [1.82, 2.24) is 15.1 Å². The SMILES string of the molecule is O=P([O-])([O-])Nc1ccc(-c2cc(Cc3ccc(OCc4ccccc4)nc3)no2)c(NP(=O)([O-])[O-])n1. The fourth-order valence-corrected chi connectivity index (χ4v) is 3.97. The summed E-state index contributed by atoms with van der Waals surface area (Å²) in [5, 5.41) is 7.16. The van der Waals surface area contributed by atoms with Crippen molar-refractivity contribution >= 4 is 27.1 Å². The van der Waals surface area contributed by atoms with Crippen LogP contribution < -0.4 is 34.5 Å². The van der Waals surface area contributed by atoms with Gasteiger partial charge in [0, 0.05) is 40.2 Å². The molecule has 0 amide bonds. The van der Waals surface area contributed by atoms with Gasteiger partial charge in [0.25, 0.3) is 0 Å². The van der Waals surface area contributed by atoms with Crippen molar-refractivity contribution in [2.75, 3.05) is 10.2 Å². The normalized spacial score (nSPS) is 11.8. The second-order valence-electron chi connectivity index (χ2n) is 7.45. The van der Waals surface area contributed by atoms with Crippen molar-refractivity contribution < 1.29 is 38.0 Å². The van der Waals surface area contributed by atoms with Crippen molar-refractivity contribution in [3.8, 4) is 17.2 Å². The van der Waals surface area contributed by atoms with E-state index in [1.165, 1.54) is 12.1 Å². The van der Waals surface area contributed by atoms with Gasteiger partial charge < -0.3 is 48.1 Å². The number of pyridine rings is 2. The summed E-state index contributed by atoms with van der Waals surface area (Å²) in [6.45, 7) is 0.374. The first kappa shape index (κ1) is 25.5. The molecular weight excluding hydrogens is 512 g/mol. The Hall–Kier alpha value is -3.57. The quantitative estimate of drug-likeness (QED) is 0.272. The molecule has 2 N–H and O–H groups in total. The summed E-state index contributed by atoms with van der Waals surface area (Å²) < 4.78 is 33.1. The second-order valence-corrected chi connectivity index (χ2v) is 9.89. The molecule has 0 atom stereocenters. The van der Waals surface area contributed by atoms with E-state index in [2.05, 4.69) is 15.1 Å². The Morgan fingerprint density at radius 2 is 1.64 bits per heavy atom. The minimum absolute atomic E-state index is 0.000593. The zero-order valence-electron chi connectivity index (χ0n) is 18.3. The van der Waals surface area contributed by atoms with Gasteiger partial charge >= 0.3 is 0 Å². The number of anilines is 2. The van der Waals surface area contributed by atoms with Crippen molar-refractivity contribution in [3.63, 3.8) is 0 Å². The van der Waals surface area contributed by atoms with Gasteiger partial charge in [0.15, 0.2) is 5.76 Å². The lowest BCUT2D eigenvalue weighted by molar-refractivity contribution is -0.313. The van der Waals surface area contributed by atoms with Crippen LogP contribution in [0.25, 0.3) is 11.3 Å². The van der Waals surface area contributed by atoms with Crippen molar-refractivity contribution in [3.05, 3.63) is 83.7 Å². The summed E-state index contributed by atoms with van der Waals surface area (Å²) in [6.07, 6.45) is 1.92. The highest BCUT2D eigenvalue weighted by molar-refractivity contribution is 7.50. The summed E-state index contributed by atoms with van der Waals surface area (Å²) in [4.78, 5) is 52.3. The van der Waals surface area contributed by atoms with E-state index in [4.69, 9.17) is 9.26 Å². The molecule has 0 bridgehead atoms. The Kier molecular flexibility index (Phi) is 7.51. The van der Waals surface area contributed by atoms with Crippen LogP contribution in [-0.4, -0.2) is 15.1 Å². The molecule has 1 aromatic carbocycles. The molecule has 0 aliphatic rings. The maximum absolute atomic E-state index is 11.2. The minimum Gasteiger partial charge on any atom is -0.795 e. The lowest BCUT2D eigenvalue weighted by Gasteiger charge is -2.33. The van der Waals surface area contributed by atoms with Crippen molar-refractivity contribution in [1.29, 1.82) is 0 Å². The van der Waals surface area contributed by atoms with E-state index in [0.717, 1.165) is 17.2 Å². The third-order valence-electron chi connectivity index (χ3n) is 4.63. The second kappa shape index (κ2) is 10.6. The van der Waals surface area contributed by atoms with Gasteiger partial charge in [0.1, 0.15) is 18.2 Å². The summed E-state index contributed by atoms with van der Waals surface area (Å²) >= 11 is 0. The molecule has 0 saturated carbocycles. The molecule has 0 saturated heterocycles. The molecular formula is C21H17N5O8P2-4. The third-order valence-corrected chi connectivity index (χ3v) is 5.61. The van der Waals surface area contributed by atoms with Crippen LogP contribution in [0.2, 0.25) is 0 Å². The van der Waals surface area contributed by atoms with Crippen LogP contribution >= 0.6 is 15.5 Å². The van der Waals surface area contributed by atoms with E-state index in [9.17, 15) is 28.7 Å². The van der Waals surface area contributed by atoms with Crippen LogP contribution in [0.1, 0.15) is 16.8 Å². The monoisotopic (exact) mass is 529 g/mol. The molecule has 0 aliphatic heterocycles. The van der Waals surface area contributed by atoms with Crippen LogP contribution in [0.5, 0.6) is 5.88 Å². The first-order chi connectivity index (χ1) is 17.0. The first-order valence-corrected chi connectivity index (χ1v) is 13.3. The molecule has 0 spiro atoms. The summed E-state index contributed by atoms with van der Waals surface area (Å²) in [5.74, 6) is -0.531. The van der Waals surface area contributed by atoms with E-state index in [1.807, 2.05) is 30.3 Å². The number of nitrogens with zero attached hydrogens (tertiary/aromatic N) is 3. The van der Waals surface area contributed by atoms with Crippen LogP contribution in [-0.2, 0) is 22.2 Å². The van der Waals surface area contributed by atoms with Crippen molar-refractivity contribution in [2.45, 2.75) is 13.0 Å².